The molecule has 2 N–H and O–H groups in total. The smallest absolute Gasteiger partial charge is 0.281 e. The summed E-state index contributed by atoms with van der Waals surface area (Å²) in [5.74, 6) is 2.06. The van der Waals surface area contributed by atoms with Crippen molar-refractivity contribution in [2.24, 2.45) is 0 Å². The van der Waals surface area contributed by atoms with Crippen LogP contribution in [0.15, 0.2) is 72.8 Å². The van der Waals surface area contributed by atoms with E-state index >= 15 is 0 Å². The highest BCUT2D eigenvalue weighted by Crippen LogP contribution is 2.28. The first kappa shape index (κ1) is 24.4. The van der Waals surface area contributed by atoms with Crippen LogP contribution in [0.25, 0.3) is 0 Å². The Bertz CT molecular complexity index is 1310. The molecule has 0 atom stereocenters. The first-order valence-corrected chi connectivity index (χ1v) is 11.8. The van der Waals surface area contributed by atoms with E-state index in [0.29, 0.717) is 29.9 Å². The summed E-state index contributed by atoms with van der Waals surface area (Å²) in [4.78, 5) is 13.4. The minimum Gasteiger partial charge on any atom is -0.494 e. The molecule has 0 saturated carbocycles. The molecule has 7 nitrogen and oxygen atoms in total. The van der Waals surface area contributed by atoms with E-state index < -0.39 is 5.91 Å². The molecule has 0 aliphatic rings. The number of nitrogens with one attached hydrogen (secondary N) is 2. The van der Waals surface area contributed by atoms with E-state index in [0.717, 1.165) is 22.9 Å². The standard InChI is InChI=1S/C26H24Cl2N4O3/c1-3-34-20-10-6-18(7-11-20)29-24-16-25(30-19-8-12-21(13-9-19)35-4-2)32(31-24)26(33)22-14-5-17(27)15-23(22)28/h5-16,30H,3-4H2,1-2H3,(H,29,31). The highest BCUT2D eigenvalue weighted by Gasteiger charge is 2.19. The van der Waals surface area contributed by atoms with E-state index in [-0.39, 0.29) is 10.6 Å². The van der Waals surface area contributed by atoms with Crippen LogP contribution >= 0.6 is 23.2 Å². The van der Waals surface area contributed by atoms with Crippen LogP contribution in [0, 0.1) is 0 Å². The lowest BCUT2D eigenvalue weighted by Crippen LogP contribution is -2.16. The van der Waals surface area contributed by atoms with Gasteiger partial charge in [0.25, 0.3) is 5.91 Å². The van der Waals surface area contributed by atoms with Crippen LogP contribution in [-0.2, 0) is 0 Å². The molecular weight excluding hydrogens is 487 g/mol. The van der Waals surface area contributed by atoms with Gasteiger partial charge in [-0.05, 0) is 80.6 Å². The van der Waals surface area contributed by atoms with Crippen molar-refractivity contribution in [1.82, 2.24) is 9.78 Å². The third-order valence-corrected chi connectivity index (χ3v) is 5.49. The average Bonchev–Trinajstić information content (AvgIpc) is 3.23. The van der Waals surface area contributed by atoms with E-state index in [1.807, 2.05) is 62.4 Å². The summed E-state index contributed by atoms with van der Waals surface area (Å²) < 4.78 is 12.3. The molecule has 0 unspecified atom stereocenters. The average molecular weight is 511 g/mol. The van der Waals surface area contributed by atoms with E-state index in [1.165, 1.54) is 10.7 Å². The Hall–Kier alpha value is -3.68. The zero-order valence-electron chi connectivity index (χ0n) is 19.2. The molecule has 4 rings (SSSR count). The zero-order chi connectivity index (χ0) is 24.8. The quantitative estimate of drug-likeness (QED) is 0.248. The lowest BCUT2D eigenvalue weighted by Gasteiger charge is -2.10. The van der Waals surface area contributed by atoms with Crippen molar-refractivity contribution < 1.29 is 14.3 Å². The molecular formula is C26H24Cl2N4O3. The van der Waals surface area contributed by atoms with E-state index in [1.54, 1.807) is 18.2 Å². The lowest BCUT2D eigenvalue weighted by molar-refractivity contribution is 0.0948. The molecule has 1 heterocycles. The van der Waals surface area contributed by atoms with Gasteiger partial charge in [0.15, 0.2) is 5.82 Å². The first-order chi connectivity index (χ1) is 17.0. The number of rotatable bonds is 9. The molecule has 35 heavy (non-hydrogen) atoms. The van der Waals surface area contributed by atoms with Crippen molar-refractivity contribution in [2.75, 3.05) is 23.8 Å². The van der Waals surface area contributed by atoms with Crippen LogP contribution in [0.4, 0.5) is 23.0 Å². The molecule has 9 heteroatoms. The number of anilines is 4. The fourth-order valence-corrected chi connectivity index (χ4v) is 3.85. The summed E-state index contributed by atoms with van der Waals surface area (Å²) in [5, 5.41) is 11.6. The second-order valence-electron chi connectivity index (χ2n) is 7.42. The lowest BCUT2D eigenvalue weighted by atomic mass is 10.2. The van der Waals surface area contributed by atoms with Crippen molar-refractivity contribution in [1.29, 1.82) is 0 Å². The summed E-state index contributed by atoms with van der Waals surface area (Å²) in [6.07, 6.45) is 0. The molecule has 0 radical (unpaired) electrons. The Morgan fingerprint density at radius 3 is 1.94 bits per heavy atom. The topological polar surface area (TPSA) is 77.4 Å². The van der Waals surface area contributed by atoms with Crippen molar-refractivity contribution in [2.45, 2.75) is 13.8 Å². The third-order valence-electron chi connectivity index (χ3n) is 4.94. The second-order valence-corrected chi connectivity index (χ2v) is 8.26. The van der Waals surface area contributed by atoms with Gasteiger partial charge in [0, 0.05) is 22.5 Å². The second kappa shape index (κ2) is 11.2. The number of nitrogens with zero attached hydrogens (tertiary/aromatic N) is 2. The number of ether oxygens (including phenoxy) is 2. The Balaban J connectivity index is 1.65. The Labute approximate surface area is 213 Å². The van der Waals surface area contributed by atoms with Gasteiger partial charge in [0.1, 0.15) is 17.3 Å². The Morgan fingerprint density at radius 2 is 1.40 bits per heavy atom. The van der Waals surface area contributed by atoms with Gasteiger partial charge in [-0.15, -0.1) is 5.10 Å². The van der Waals surface area contributed by atoms with Gasteiger partial charge in [-0.3, -0.25) is 4.79 Å². The Kier molecular flexibility index (Phi) is 7.80. The molecule has 0 saturated heterocycles. The SMILES string of the molecule is CCOc1ccc(Nc2cc(Nc3ccc(OCC)cc3)n(C(=O)c3ccc(Cl)cc3Cl)n2)cc1. The van der Waals surface area contributed by atoms with Gasteiger partial charge in [0.2, 0.25) is 0 Å². The third kappa shape index (κ3) is 6.07. The Morgan fingerprint density at radius 1 is 0.829 bits per heavy atom. The minimum absolute atomic E-state index is 0.242. The van der Waals surface area contributed by atoms with Crippen LogP contribution in [0.3, 0.4) is 0 Å². The summed E-state index contributed by atoms with van der Waals surface area (Å²) >= 11 is 12.3. The van der Waals surface area contributed by atoms with Crippen LogP contribution in [0.2, 0.25) is 10.0 Å². The maximum atomic E-state index is 13.4. The predicted molar refractivity (Wildman–Crippen MR) is 140 cm³/mol. The van der Waals surface area contributed by atoms with Crippen LogP contribution in [0.1, 0.15) is 24.2 Å². The van der Waals surface area contributed by atoms with Crippen LogP contribution < -0.4 is 20.1 Å². The monoisotopic (exact) mass is 510 g/mol. The highest BCUT2D eigenvalue weighted by molar-refractivity contribution is 6.36. The summed E-state index contributed by atoms with van der Waals surface area (Å²) in [5.41, 5.74) is 1.83. The maximum absolute atomic E-state index is 13.4. The summed E-state index contributed by atoms with van der Waals surface area (Å²) in [7, 11) is 0. The number of halogens is 2. The maximum Gasteiger partial charge on any atom is 0.281 e. The fraction of sp³-hybridized carbons (Fsp3) is 0.154. The number of carbonyl (C=O) groups excluding carboxylic acids is 1. The fourth-order valence-electron chi connectivity index (χ4n) is 3.36. The number of benzene rings is 3. The van der Waals surface area contributed by atoms with E-state index in [9.17, 15) is 4.79 Å². The highest BCUT2D eigenvalue weighted by atomic mass is 35.5. The first-order valence-electron chi connectivity index (χ1n) is 11.1. The van der Waals surface area contributed by atoms with Gasteiger partial charge >= 0.3 is 0 Å². The minimum atomic E-state index is -0.403. The van der Waals surface area contributed by atoms with Crippen LogP contribution in [0.5, 0.6) is 11.5 Å². The van der Waals surface area contributed by atoms with Crippen LogP contribution in [-0.4, -0.2) is 28.9 Å². The molecule has 0 spiro atoms. The van der Waals surface area contributed by atoms with Gasteiger partial charge in [0.05, 0.1) is 23.8 Å². The molecule has 0 fully saturated rings. The summed E-state index contributed by atoms with van der Waals surface area (Å²) in [6.45, 7) is 5.03. The van der Waals surface area contributed by atoms with Crippen molar-refractivity contribution in [3.63, 3.8) is 0 Å². The van der Waals surface area contributed by atoms with Gasteiger partial charge in [-0.25, -0.2) is 0 Å². The molecule has 3 aromatic carbocycles. The molecule has 180 valence electrons. The number of hydrogen-bond acceptors (Lipinski definition) is 6. The van der Waals surface area contributed by atoms with Gasteiger partial charge in [-0.2, -0.15) is 4.68 Å². The number of carbonyl (C=O) groups is 1. The molecule has 0 aliphatic heterocycles. The molecule has 1 aromatic heterocycles. The largest absolute Gasteiger partial charge is 0.494 e. The van der Waals surface area contributed by atoms with Crippen molar-refractivity contribution >= 4 is 52.1 Å². The number of hydrogen-bond donors (Lipinski definition) is 2. The van der Waals surface area contributed by atoms with Crippen molar-refractivity contribution in [3.05, 3.63) is 88.4 Å². The van der Waals surface area contributed by atoms with E-state index in [2.05, 4.69) is 15.7 Å². The van der Waals surface area contributed by atoms with Gasteiger partial charge < -0.3 is 20.1 Å². The molecule has 0 bridgehead atoms. The van der Waals surface area contributed by atoms with E-state index in [4.69, 9.17) is 32.7 Å². The number of aromatic nitrogens is 2. The molecule has 4 aromatic rings. The molecule has 0 aliphatic carbocycles. The van der Waals surface area contributed by atoms with Gasteiger partial charge in [-0.1, -0.05) is 23.2 Å². The predicted octanol–water partition coefficient (Wildman–Crippen LogP) is 7.16. The molecule has 0 amide bonds. The normalized spacial score (nSPS) is 10.6. The van der Waals surface area contributed by atoms with Crippen molar-refractivity contribution in [3.8, 4) is 11.5 Å². The zero-order valence-corrected chi connectivity index (χ0v) is 20.7. The summed E-state index contributed by atoms with van der Waals surface area (Å²) in [6, 6.07) is 21.4.